The fraction of sp³-hybridized carbons (Fsp3) is 0.333. The lowest BCUT2D eigenvalue weighted by Gasteiger charge is -1.89. The highest BCUT2D eigenvalue weighted by Crippen LogP contribution is 1.90. The molecule has 0 aliphatic heterocycles. The summed E-state index contributed by atoms with van der Waals surface area (Å²) in [5.74, 6) is 0. The molecule has 2 nitrogen and oxygen atoms in total. The fourth-order valence-corrected chi connectivity index (χ4v) is 0.253. The number of hydrogen-bond acceptors (Lipinski definition) is 2. The molecule has 0 aliphatic carbocycles. The summed E-state index contributed by atoms with van der Waals surface area (Å²) in [4.78, 5) is 3.78. The van der Waals surface area contributed by atoms with Crippen molar-refractivity contribution in [1.29, 1.82) is 5.41 Å². The van der Waals surface area contributed by atoms with Gasteiger partial charge in [0.15, 0.2) is 0 Å². The van der Waals surface area contributed by atoms with E-state index in [4.69, 9.17) is 5.41 Å². The second-order valence-electron chi connectivity index (χ2n) is 1.46. The molecule has 2 heteroatoms. The monoisotopic (exact) mass is 110 g/mol. The van der Waals surface area contributed by atoms with Gasteiger partial charge in [-0.05, 0) is 13.8 Å². The van der Waals surface area contributed by atoms with E-state index in [1.165, 1.54) is 0 Å². The van der Waals surface area contributed by atoms with E-state index in [0.29, 0.717) is 11.4 Å². The second kappa shape index (κ2) is 3.13. The molecule has 8 heavy (non-hydrogen) atoms. The molecular formula is C6H10N2. The summed E-state index contributed by atoms with van der Waals surface area (Å²) < 4.78 is 0. The van der Waals surface area contributed by atoms with E-state index in [0.717, 1.165) is 0 Å². The second-order valence-corrected chi connectivity index (χ2v) is 1.46. The van der Waals surface area contributed by atoms with Crippen LogP contribution in [0.4, 0.5) is 0 Å². The molecular weight excluding hydrogens is 100 g/mol. The Hall–Kier alpha value is -0.920. The first-order chi connectivity index (χ1) is 3.68. The van der Waals surface area contributed by atoms with Crippen LogP contribution in [-0.2, 0) is 0 Å². The quantitative estimate of drug-likeness (QED) is 0.524. The lowest BCUT2D eigenvalue weighted by atomic mass is 10.3. The van der Waals surface area contributed by atoms with Crippen LogP contribution in [0.1, 0.15) is 13.8 Å². The smallest absolute Gasteiger partial charge is 0.0758 e. The molecule has 0 bridgehead atoms. The van der Waals surface area contributed by atoms with Crippen LogP contribution < -0.4 is 0 Å². The third-order valence-corrected chi connectivity index (χ3v) is 0.718. The van der Waals surface area contributed by atoms with Crippen molar-refractivity contribution in [2.75, 3.05) is 0 Å². The molecule has 0 aromatic rings. The Balaban J connectivity index is 3.85. The van der Waals surface area contributed by atoms with E-state index < -0.39 is 0 Å². The third kappa shape index (κ3) is 2.29. The van der Waals surface area contributed by atoms with Crippen LogP contribution in [0.2, 0.25) is 0 Å². The highest BCUT2D eigenvalue weighted by atomic mass is 14.7. The highest BCUT2D eigenvalue weighted by Gasteiger charge is 1.87. The van der Waals surface area contributed by atoms with Crippen LogP contribution in [-0.4, -0.2) is 11.9 Å². The number of hydrogen-bond donors (Lipinski definition) is 1. The van der Waals surface area contributed by atoms with Crippen LogP contribution in [0.5, 0.6) is 0 Å². The molecule has 0 spiro atoms. The summed E-state index contributed by atoms with van der Waals surface area (Å²) in [6, 6.07) is 0. The standard InChI is InChI=1S/C6H10N2/c1-4-8-6(3)5(2)7/h4,7H,3H2,1-2H3. The lowest BCUT2D eigenvalue weighted by molar-refractivity contribution is 1.39. The van der Waals surface area contributed by atoms with Crippen molar-refractivity contribution in [2.24, 2.45) is 4.99 Å². The van der Waals surface area contributed by atoms with Crippen molar-refractivity contribution in [3.63, 3.8) is 0 Å². The number of allylic oxidation sites excluding steroid dienone is 1. The molecule has 0 unspecified atom stereocenters. The molecule has 0 heterocycles. The normalized spacial score (nSPS) is 9.75. The summed E-state index contributed by atoms with van der Waals surface area (Å²) in [6.07, 6.45) is 1.63. The Morgan fingerprint density at radius 1 is 1.75 bits per heavy atom. The first kappa shape index (κ1) is 7.08. The predicted octanol–water partition coefficient (Wildman–Crippen LogP) is 1.63. The van der Waals surface area contributed by atoms with E-state index in [9.17, 15) is 0 Å². The molecule has 0 atom stereocenters. The zero-order valence-electron chi connectivity index (χ0n) is 5.23. The van der Waals surface area contributed by atoms with Gasteiger partial charge in [0.05, 0.1) is 11.4 Å². The van der Waals surface area contributed by atoms with Gasteiger partial charge in [-0.15, -0.1) is 0 Å². The zero-order chi connectivity index (χ0) is 6.57. The Labute approximate surface area is 49.5 Å². The van der Waals surface area contributed by atoms with Gasteiger partial charge in [0.2, 0.25) is 0 Å². The summed E-state index contributed by atoms with van der Waals surface area (Å²) in [7, 11) is 0. The molecule has 0 saturated carbocycles. The number of aliphatic imine (C=N–C) groups is 1. The largest absolute Gasteiger partial charge is 0.303 e. The van der Waals surface area contributed by atoms with E-state index in [1.54, 1.807) is 20.1 Å². The van der Waals surface area contributed by atoms with Gasteiger partial charge in [-0.3, -0.25) is 4.99 Å². The van der Waals surface area contributed by atoms with E-state index in [-0.39, 0.29) is 0 Å². The van der Waals surface area contributed by atoms with E-state index in [2.05, 4.69) is 11.6 Å². The number of nitrogens with one attached hydrogen (secondary N) is 1. The third-order valence-electron chi connectivity index (χ3n) is 0.718. The first-order valence-corrected chi connectivity index (χ1v) is 2.41. The maximum absolute atomic E-state index is 6.99. The minimum atomic E-state index is 0.420. The molecule has 0 radical (unpaired) electrons. The highest BCUT2D eigenvalue weighted by molar-refractivity contribution is 5.95. The van der Waals surface area contributed by atoms with Crippen molar-refractivity contribution in [3.8, 4) is 0 Å². The maximum atomic E-state index is 6.99. The van der Waals surface area contributed by atoms with Gasteiger partial charge < -0.3 is 5.41 Å². The maximum Gasteiger partial charge on any atom is 0.0758 e. The summed E-state index contributed by atoms with van der Waals surface area (Å²) in [6.45, 7) is 6.98. The first-order valence-electron chi connectivity index (χ1n) is 2.41. The van der Waals surface area contributed by atoms with Gasteiger partial charge >= 0.3 is 0 Å². The van der Waals surface area contributed by atoms with Gasteiger partial charge in [-0.1, -0.05) is 6.58 Å². The van der Waals surface area contributed by atoms with Gasteiger partial charge in [-0.25, -0.2) is 0 Å². The molecule has 0 fully saturated rings. The zero-order valence-corrected chi connectivity index (χ0v) is 5.23. The van der Waals surface area contributed by atoms with Crippen molar-refractivity contribution < 1.29 is 0 Å². The lowest BCUT2D eigenvalue weighted by Crippen LogP contribution is -1.88. The average Bonchev–Trinajstić information content (AvgIpc) is 1.67. The Bertz CT molecular complexity index is 133. The molecule has 0 aliphatic rings. The Morgan fingerprint density at radius 2 is 2.25 bits per heavy atom. The minimum absolute atomic E-state index is 0.420. The fourth-order valence-electron chi connectivity index (χ4n) is 0.253. The Morgan fingerprint density at radius 3 is 2.38 bits per heavy atom. The van der Waals surface area contributed by atoms with Crippen LogP contribution in [0.3, 0.4) is 0 Å². The van der Waals surface area contributed by atoms with Gasteiger partial charge in [0, 0.05) is 6.21 Å². The molecule has 0 rings (SSSR count). The van der Waals surface area contributed by atoms with Gasteiger partial charge in [-0.2, -0.15) is 0 Å². The molecule has 44 valence electrons. The van der Waals surface area contributed by atoms with Crippen molar-refractivity contribution in [3.05, 3.63) is 12.3 Å². The van der Waals surface area contributed by atoms with E-state index in [1.807, 2.05) is 0 Å². The molecule has 0 amide bonds. The van der Waals surface area contributed by atoms with Crippen LogP contribution >= 0.6 is 0 Å². The van der Waals surface area contributed by atoms with Crippen molar-refractivity contribution in [1.82, 2.24) is 0 Å². The summed E-state index contributed by atoms with van der Waals surface area (Å²) >= 11 is 0. The minimum Gasteiger partial charge on any atom is -0.303 e. The molecule has 0 aromatic heterocycles. The van der Waals surface area contributed by atoms with Gasteiger partial charge in [0.1, 0.15) is 0 Å². The average molecular weight is 110 g/mol. The molecule has 0 saturated heterocycles. The van der Waals surface area contributed by atoms with Crippen molar-refractivity contribution in [2.45, 2.75) is 13.8 Å². The van der Waals surface area contributed by atoms with Crippen LogP contribution in [0.15, 0.2) is 17.3 Å². The van der Waals surface area contributed by atoms with Crippen LogP contribution in [0.25, 0.3) is 0 Å². The van der Waals surface area contributed by atoms with Gasteiger partial charge in [0.25, 0.3) is 0 Å². The van der Waals surface area contributed by atoms with Crippen LogP contribution in [0, 0.1) is 5.41 Å². The predicted molar refractivity (Wildman–Crippen MR) is 36.7 cm³/mol. The van der Waals surface area contributed by atoms with Crippen molar-refractivity contribution >= 4 is 11.9 Å². The Kier molecular flexibility index (Phi) is 2.77. The number of nitrogens with zero attached hydrogens (tertiary/aromatic N) is 1. The molecule has 1 N–H and O–H groups in total. The summed E-state index contributed by atoms with van der Waals surface area (Å²) in [5.41, 5.74) is 0.954. The molecule has 0 aromatic carbocycles. The number of rotatable bonds is 2. The summed E-state index contributed by atoms with van der Waals surface area (Å²) in [5, 5.41) is 6.99. The SMILES string of the molecule is C=C(N=CC)C(C)=N. The van der Waals surface area contributed by atoms with E-state index >= 15 is 0 Å². The topological polar surface area (TPSA) is 36.2 Å².